The van der Waals surface area contributed by atoms with Gasteiger partial charge in [0.05, 0.1) is 19.2 Å². The van der Waals surface area contributed by atoms with Crippen molar-refractivity contribution in [1.82, 2.24) is 5.43 Å². The van der Waals surface area contributed by atoms with Crippen molar-refractivity contribution in [2.24, 2.45) is 16.8 Å². The standard InChI is InChI=1S/C25H28Cl2N4O3/c1-32-21-10-17(11-22(14-21)33-2)15-34-24-19(12-20(26)13-23(24)27)5-3-4-16-6-8-18(9-7-16)25(30-28)31-29/h6-14H,3-5,15,28-29H2,1-2H3,(H,30,31). The molecule has 5 N–H and O–H groups in total. The van der Waals surface area contributed by atoms with Crippen LogP contribution in [0.1, 0.15) is 28.7 Å². The first-order valence-corrected chi connectivity index (χ1v) is 11.4. The molecule has 0 aliphatic rings. The number of aryl methyl sites for hydroxylation is 2. The van der Waals surface area contributed by atoms with Crippen molar-refractivity contribution in [3.8, 4) is 17.2 Å². The van der Waals surface area contributed by atoms with Crippen LogP contribution in [0.15, 0.2) is 59.7 Å². The van der Waals surface area contributed by atoms with Crippen molar-refractivity contribution in [2.45, 2.75) is 25.9 Å². The number of hydrogen-bond donors (Lipinski definition) is 3. The molecule has 9 heteroatoms. The Morgan fingerprint density at radius 1 is 0.912 bits per heavy atom. The average Bonchev–Trinajstić information content (AvgIpc) is 2.84. The molecule has 0 unspecified atom stereocenters. The summed E-state index contributed by atoms with van der Waals surface area (Å²) < 4.78 is 16.8. The van der Waals surface area contributed by atoms with Crippen LogP contribution in [0.4, 0.5) is 0 Å². The molecule has 0 fully saturated rings. The highest BCUT2D eigenvalue weighted by molar-refractivity contribution is 6.35. The van der Waals surface area contributed by atoms with Crippen LogP contribution in [-0.4, -0.2) is 20.1 Å². The predicted octanol–water partition coefficient (Wildman–Crippen LogP) is 4.85. The number of methoxy groups -OCH3 is 2. The lowest BCUT2D eigenvalue weighted by Crippen LogP contribution is -2.31. The smallest absolute Gasteiger partial charge is 0.166 e. The van der Waals surface area contributed by atoms with Crippen molar-refractivity contribution in [3.05, 3.63) is 86.9 Å². The molecular formula is C25H28Cl2N4O3. The fraction of sp³-hybridized carbons (Fsp3) is 0.240. The lowest BCUT2D eigenvalue weighted by Gasteiger charge is -2.15. The highest BCUT2D eigenvalue weighted by Crippen LogP contribution is 2.34. The Kier molecular flexibility index (Phi) is 9.27. The van der Waals surface area contributed by atoms with Crippen molar-refractivity contribution in [3.63, 3.8) is 0 Å². The van der Waals surface area contributed by atoms with Crippen LogP contribution < -0.4 is 31.3 Å². The Balaban J connectivity index is 1.69. The van der Waals surface area contributed by atoms with Crippen molar-refractivity contribution in [2.75, 3.05) is 14.2 Å². The summed E-state index contributed by atoms with van der Waals surface area (Å²) in [5, 5.41) is 4.67. The van der Waals surface area contributed by atoms with E-state index in [2.05, 4.69) is 10.5 Å². The maximum absolute atomic E-state index is 6.49. The van der Waals surface area contributed by atoms with E-state index >= 15 is 0 Å². The van der Waals surface area contributed by atoms with Gasteiger partial charge in [0, 0.05) is 16.7 Å². The highest BCUT2D eigenvalue weighted by Gasteiger charge is 2.13. The van der Waals surface area contributed by atoms with E-state index in [1.165, 1.54) is 5.56 Å². The van der Waals surface area contributed by atoms with Gasteiger partial charge in [-0.1, -0.05) is 47.5 Å². The number of ether oxygens (including phenoxy) is 3. The minimum absolute atomic E-state index is 0.309. The summed E-state index contributed by atoms with van der Waals surface area (Å²) in [5.41, 5.74) is 6.33. The molecule has 3 aromatic rings. The molecule has 0 aromatic heterocycles. The minimum Gasteiger partial charge on any atom is -0.497 e. The van der Waals surface area contributed by atoms with E-state index in [0.717, 1.165) is 36.0 Å². The third-order valence-electron chi connectivity index (χ3n) is 5.28. The van der Waals surface area contributed by atoms with Gasteiger partial charge in [-0.15, -0.1) is 0 Å². The number of hydrazine groups is 1. The number of nitrogens with one attached hydrogen (secondary N) is 1. The Labute approximate surface area is 209 Å². The lowest BCUT2D eigenvalue weighted by molar-refractivity contribution is 0.300. The van der Waals surface area contributed by atoms with Gasteiger partial charge < -0.3 is 25.5 Å². The molecule has 7 nitrogen and oxygen atoms in total. The van der Waals surface area contributed by atoms with Crippen LogP contribution in [0, 0.1) is 0 Å². The molecule has 180 valence electrons. The van der Waals surface area contributed by atoms with Gasteiger partial charge in [-0.05, 0) is 60.2 Å². The summed E-state index contributed by atoms with van der Waals surface area (Å²) in [6.07, 6.45) is 2.49. The zero-order valence-corrected chi connectivity index (χ0v) is 20.6. The van der Waals surface area contributed by atoms with Crippen molar-refractivity contribution in [1.29, 1.82) is 0 Å². The Morgan fingerprint density at radius 3 is 2.18 bits per heavy atom. The summed E-state index contributed by atoms with van der Waals surface area (Å²) in [7, 11) is 3.22. The summed E-state index contributed by atoms with van der Waals surface area (Å²) in [4.78, 5) is 0. The first kappa shape index (κ1) is 25.5. The third-order valence-corrected chi connectivity index (χ3v) is 5.78. The molecule has 3 rings (SSSR count). The largest absolute Gasteiger partial charge is 0.497 e. The third kappa shape index (κ3) is 6.70. The van der Waals surface area contributed by atoms with E-state index in [1.54, 1.807) is 20.3 Å². The van der Waals surface area contributed by atoms with Crippen LogP contribution in [0.25, 0.3) is 0 Å². The Hall–Kier alpha value is -3.13. The molecular weight excluding hydrogens is 475 g/mol. The van der Waals surface area contributed by atoms with Crippen LogP contribution in [0.2, 0.25) is 10.0 Å². The maximum Gasteiger partial charge on any atom is 0.166 e. The van der Waals surface area contributed by atoms with E-state index in [0.29, 0.717) is 39.7 Å². The molecule has 0 aliphatic heterocycles. The van der Waals surface area contributed by atoms with Crippen molar-refractivity contribution < 1.29 is 14.2 Å². The summed E-state index contributed by atoms with van der Waals surface area (Å²) in [5.74, 6) is 13.2. The number of halogens is 2. The molecule has 0 heterocycles. The number of hydrazone groups is 1. The van der Waals surface area contributed by atoms with E-state index in [9.17, 15) is 0 Å². The number of nitrogens with two attached hydrogens (primary N) is 2. The molecule has 0 bridgehead atoms. The molecule has 0 amide bonds. The van der Waals surface area contributed by atoms with E-state index < -0.39 is 0 Å². The van der Waals surface area contributed by atoms with Gasteiger partial charge in [-0.25, -0.2) is 5.84 Å². The molecule has 3 aromatic carbocycles. The topological polar surface area (TPSA) is 104 Å². The van der Waals surface area contributed by atoms with Gasteiger partial charge >= 0.3 is 0 Å². The van der Waals surface area contributed by atoms with Crippen LogP contribution in [0.3, 0.4) is 0 Å². The van der Waals surface area contributed by atoms with E-state index in [1.807, 2.05) is 48.5 Å². The average molecular weight is 503 g/mol. The fourth-order valence-corrected chi connectivity index (χ4v) is 4.16. The Bertz CT molecular complexity index is 1120. The second-order valence-corrected chi connectivity index (χ2v) is 8.40. The number of nitrogens with zero attached hydrogens (tertiary/aromatic N) is 1. The second kappa shape index (κ2) is 12.4. The summed E-state index contributed by atoms with van der Waals surface area (Å²) >= 11 is 12.8. The number of hydrogen-bond acceptors (Lipinski definition) is 6. The quantitative estimate of drug-likeness (QED) is 0.158. The van der Waals surface area contributed by atoms with Crippen LogP contribution >= 0.6 is 23.2 Å². The lowest BCUT2D eigenvalue weighted by atomic mass is 10.0. The normalized spacial score (nSPS) is 11.3. The van der Waals surface area contributed by atoms with Crippen LogP contribution in [0.5, 0.6) is 17.2 Å². The summed E-state index contributed by atoms with van der Waals surface area (Å²) in [6.45, 7) is 0.309. The fourth-order valence-electron chi connectivity index (χ4n) is 3.57. The number of amidine groups is 1. The van der Waals surface area contributed by atoms with Crippen molar-refractivity contribution >= 4 is 29.0 Å². The molecule has 0 spiro atoms. The first-order chi connectivity index (χ1) is 16.5. The van der Waals surface area contributed by atoms with Gasteiger partial charge in [0.1, 0.15) is 23.9 Å². The second-order valence-electron chi connectivity index (χ2n) is 7.56. The maximum atomic E-state index is 6.49. The van der Waals surface area contributed by atoms with Gasteiger partial charge in [-0.3, -0.25) is 0 Å². The molecule has 0 radical (unpaired) electrons. The van der Waals surface area contributed by atoms with Gasteiger partial charge in [0.2, 0.25) is 0 Å². The predicted molar refractivity (Wildman–Crippen MR) is 137 cm³/mol. The molecule has 0 atom stereocenters. The Morgan fingerprint density at radius 2 is 1.59 bits per heavy atom. The number of benzene rings is 3. The summed E-state index contributed by atoms with van der Waals surface area (Å²) in [6, 6.07) is 17.1. The minimum atomic E-state index is 0.309. The van der Waals surface area contributed by atoms with Gasteiger partial charge in [0.25, 0.3) is 0 Å². The van der Waals surface area contributed by atoms with Gasteiger partial charge in [0.15, 0.2) is 5.84 Å². The molecule has 0 saturated heterocycles. The number of rotatable bonds is 10. The highest BCUT2D eigenvalue weighted by atomic mass is 35.5. The monoisotopic (exact) mass is 502 g/mol. The van der Waals surface area contributed by atoms with Gasteiger partial charge in [-0.2, -0.15) is 5.10 Å². The first-order valence-electron chi connectivity index (χ1n) is 10.6. The van der Waals surface area contributed by atoms with Crippen LogP contribution in [-0.2, 0) is 19.4 Å². The zero-order chi connectivity index (χ0) is 24.5. The molecule has 0 saturated carbocycles. The SMILES string of the molecule is COc1cc(COc2c(Cl)cc(Cl)cc2CCCc2ccc(/C(=N/N)NN)cc2)cc(OC)c1. The zero-order valence-electron chi connectivity index (χ0n) is 19.1. The molecule has 0 aliphatic carbocycles. The van der Waals surface area contributed by atoms with E-state index in [4.69, 9.17) is 49.1 Å². The molecule has 34 heavy (non-hydrogen) atoms. The van der Waals surface area contributed by atoms with E-state index in [-0.39, 0.29) is 0 Å².